The van der Waals surface area contributed by atoms with E-state index >= 15 is 0 Å². The largest absolute Gasteiger partial charge is 0.480 e. The molecule has 102 valence electrons. The Morgan fingerprint density at radius 1 is 1.39 bits per heavy atom. The molecule has 1 atom stereocenters. The molecular formula is C10H15ClNO5P. The molecule has 8 heteroatoms. The summed E-state index contributed by atoms with van der Waals surface area (Å²) in [6.07, 6.45) is 0. The van der Waals surface area contributed by atoms with Crippen molar-refractivity contribution in [2.24, 2.45) is 0 Å². The maximum atomic E-state index is 10.5. The van der Waals surface area contributed by atoms with E-state index in [1.54, 1.807) is 6.92 Å². The maximum absolute atomic E-state index is 10.5. The smallest absolute Gasteiger partial charge is 0.419 e. The van der Waals surface area contributed by atoms with E-state index in [0.29, 0.717) is 6.54 Å². The number of nitrogens with one attached hydrogen (secondary N) is 1. The number of rotatable bonds is 4. The second-order valence-electron chi connectivity index (χ2n) is 3.40. The Morgan fingerprint density at radius 3 is 2.22 bits per heavy atom. The molecule has 0 amide bonds. The molecule has 4 N–H and O–H groups in total. The molecular weight excluding hydrogens is 281 g/mol. The van der Waals surface area contributed by atoms with Crippen molar-refractivity contribution in [2.75, 3.05) is 0 Å². The van der Waals surface area contributed by atoms with Gasteiger partial charge in [-0.3, -0.25) is 4.79 Å². The van der Waals surface area contributed by atoms with Gasteiger partial charge in [0.2, 0.25) is 0 Å². The van der Waals surface area contributed by atoms with Gasteiger partial charge in [-0.15, -0.1) is 0 Å². The van der Waals surface area contributed by atoms with Gasteiger partial charge < -0.3 is 20.2 Å². The molecule has 0 saturated carbocycles. The molecule has 0 heterocycles. The van der Waals surface area contributed by atoms with E-state index in [0.717, 1.165) is 5.56 Å². The van der Waals surface area contributed by atoms with Crippen LogP contribution in [-0.2, 0) is 15.9 Å². The predicted octanol–water partition coefficient (Wildman–Crippen LogP) is 1.57. The van der Waals surface area contributed by atoms with Crippen molar-refractivity contribution in [1.29, 1.82) is 0 Å². The minimum atomic E-state index is -4.17. The van der Waals surface area contributed by atoms with Crippen LogP contribution in [0.1, 0.15) is 12.5 Å². The first-order chi connectivity index (χ1) is 8.20. The fourth-order valence-corrected chi connectivity index (χ4v) is 0.954. The van der Waals surface area contributed by atoms with E-state index in [2.05, 4.69) is 16.6 Å². The van der Waals surface area contributed by atoms with Crippen LogP contribution in [0, 0.1) is 0 Å². The van der Waals surface area contributed by atoms with E-state index in [9.17, 15) is 4.79 Å². The first-order valence-corrected chi connectivity index (χ1v) is 7.47. The predicted molar refractivity (Wildman–Crippen MR) is 68.3 cm³/mol. The van der Waals surface area contributed by atoms with Gasteiger partial charge in [0.1, 0.15) is 6.04 Å². The highest BCUT2D eigenvalue weighted by Crippen LogP contribution is 2.39. The number of halogens is 1. The summed E-state index contributed by atoms with van der Waals surface area (Å²) in [6, 6.07) is 9.22. The molecule has 0 bridgehead atoms. The summed E-state index contributed by atoms with van der Waals surface area (Å²) in [5, 5.41) is 11.5. The summed E-state index contributed by atoms with van der Waals surface area (Å²) in [4.78, 5) is 25.3. The molecule has 0 radical (unpaired) electrons. The third kappa shape index (κ3) is 11.6. The SMILES string of the molecule is CC(NCc1ccccc1)C(=O)O.O=P(O)(O)Cl. The number of hydrogen-bond acceptors (Lipinski definition) is 3. The lowest BCUT2D eigenvalue weighted by atomic mass is 10.2. The molecule has 0 aliphatic carbocycles. The average Bonchev–Trinajstić information content (AvgIpc) is 2.25. The topological polar surface area (TPSA) is 107 Å². The van der Waals surface area contributed by atoms with Crippen molar-refractivity contribution < 1.29 is 24.3 Å². The van der Waals surface area contributed by atoms with Gasteiger partial charge in [-0.1, -0.05) is 30.3 Å². The average molecular weight is 296 g/mol. The highest BCUT2D eigenvalue weighted by molar-refractivity contribution is 7.79. The Bertz CT molecular complexity index is 400. The zero-order chi connectivity index (χ0) is 14.2. The molecule has 1 aromatic rings. The molecule has 0 aromatic heterocycles. The van der Waals surface area contributed by atoms with Gasteiger partial charge in [0, 0.05) is 17.8 Å². The summed E-state index contributed by atoms with van der Waals surface area (Å²) in [6.45, 7) is -1.94. The van der Waals surface area contributed by atoms with E-state index in [1.807, 2.05) is 30.3 Å². The second kappa shape index (κ2) is 8.24. The van der Waals surface area contributed by atoms with Gasteiger partial charge in [0.25, 0.3) is 0 Å². The maximum Gasteiger partial charge on any atom is 0.419 e. The quantitative estimate of drug-likeness (QED) is 0.628. The van der Waals surface area contributed by atoms with Crippen LogP contribution in [0.4, 0.5) is 0 Å². The van der Waals surface area contributed by atoms with Crippen LogP contribution < -0.4 is 5.32 Å². The van der Waals surface area contributed by atoms with Crippen LogP contribution in [0.25, 0.3) is 0 Å². The van der Waals surface area contributed by atoms with Crippen molar-refractivity contribution in [3.05, 3.63) is 35.9 Å². The number of aliphatic carboxylic acids is 1. The minimum absolute atomic E-state index is 0.500. The molecule has 0 fully saturated rings. The third-order valence-electron chi connectivity index (χ3n) is 1.83. The molecule has 0 aliphatic heterocycles. The van der Waals surface area contributed by atoms with E-state index in [1.165, 1.54) is 0 Å². The normalized spacial score (nSPS) is 12.2. The molecule has 6 nitrogen and oxygen atoms in total. The lowest BCUT2D eigenvalue weighted by Crippen LogP contribution is -2.33. The van der Waals surface area contributed by atoms with Gasteiger partial charge in [0.05, 0.1) is 0 Å². The Balaban J connectivity index is 0.000000494. The van der Waals surface area contributed by atoms with Crippen LogP contribution in [0.3, 0.4) is 0 Å². The zero-order valence-electron chi connectivity index (χ0n) is 9.65. The molecule has 1 unspecified atom stereocenters. The van der Waals surface area contributed by atoms with E-state index < -0.39 is 19.0 Å². The summed E-state index contributed by atoms with van der Waals surface area (Å²) in [7, 11) is 0. The monoisotopic (exact) mass is 295 g/mol. The third-order valence-corrected chi connectivity index (χ3v) is 1.83. The molecule has 18 heavy (non-hydrogen) atoms. The highest BCUT2D eigenvalue weighted by Gasteiger charge is 2.08. The van der Waals surface area contributed by atoms with E-state index in [-0.39, 0.29) is 0 Å². The Hall–Kier alpha value is -0.910. The van der Waals surface area contributed by atoms with Crippen molar-refractivity contribution in [3.8, 4) is 0 Å². The summed E-state index contributed by atoms with van der Waals surface area (Å²) < 4.78 is 9.09. The number of carboxylic acid groups (broad SMARTS) is 1. The minimum Gasteiger partial charge on any atom is -0.480 e. The van der Waals surface area contributed by atoms with E-state index in [4.69, 9.17) is 19.5 Å². The first-order valence-electron chi connectivity index (χ1n) is 4.95. The summed E-state index contributed by atoms with van der Waals surface area (Å²) >= 11 is 4.20. The fraction of sp³-hybridized carbons (Fsp3) is 0.300. The summed E-state index contributed by atoms with van der Waals surface area (Å²) in [5.41, 5.74) is 1.09. The van der Waals surface area contributed by atoms with Gasteiger partial charge in [-0.05, 0) is 12.5 Å². The van der Waals surface area contributed by atoms with Gasteiger partial charge in [0.15, 0.2) is 0 Å². The molecule has 1 aromatic carbocycles. The summed E-state index contributed by atoms with van der Waals surface area (Å²) in [5.74, 6) is -0.823. The second-order valence-corrected chi connectivity index (χ2v) is 5.67. The van der Waals surface area contributed by atoms with Crippen molar-refractivity contribution in [1.82, 2.24) is 5.32 Å². The van der Waals surface area contributed by atoms with Crippen LogP contribution in [-0.4, -0.2) is 26.9 Å². The van der Waals surface area contributed by atoms with Gasteiger partial charge >= 0.3 is 12.9 Å². The van der Waals surface area contributed by atoms with Crippen LogP contribution in [0.2, 0.25) is 0 Å². The van der Waals surface area contributed by atoms with Crippen LogP contribution in [0.15, 0.2) is 30.3 Å². The molecule has 0 spiro atoms. The highest BCUT2D eigenvalue weighted by atomic mass is 35.7. The zero-order valence-corrected chi connectivity index (χ0v) is 11.3. The Kier molecular flexibility index (Phi) is 7.82. The number of hydrogen-bond donors (Lipinski definition) is 4. The van der Waals surface area contributed by atoms with Crippen molar-refractivity contribution in [3.63, 3.8) is 0 Å². The molecule has 0 saturated heterocycles. The standard InChI is InChI=1S/C10H13NO2.ClH2O3P/c1-8(10(12)13)11-7-9-5-3-2-4-6-9;1-5(2,3)4/h2-6,8,11H,7H2,1H3,(H,12,13);(H2,2,3,4). The lowest BCUT2D eigenvalue weighted by Gasteiger charge is -2.08. The molecule has 0 aliphatic rings. The lowest BCUT2D eigenvalue weighted by molar-refractivity contribution is -0.139. The number of carboxylic acids is 1. The van der Waals surface area contributed by atoms with Gasteiger partial charge in [-0.25, -0.2) is 4.57 Å². The van der Waals surface area contributed by atoms with Crippen LogP contribution in [0.5, 0.6) is 0 Å². The fourth-order valence-electron chi connectivity index (χ4n) is 0.954. The first kappa shape index (κ1) is 17.1. The van der Waals surface area contributed by atoms with Crippen molar-refractivity contribution >= 4 is 24.2 Å². The molecule has 1 rings (SSSR count). The van der Waals surface area contributed by atoms with Crippen molar-refractivity contribution in [2.45, 2.75) is 19.5 Å². The number of carbonyl (C=O) groups is 1. The Labute approximate surface area is 110 Å². The van der Waals surface area contributed by atoms with Gasteiger partial charge in [-0.2, -0.15) is 0 Å². The van der Waals surface area contributed by atoms with Crippen LogP contribution >= 0.6 is 18.2 Å². The number of benzene rings is 1. The Morgan fingerprint density at radius 2 is 1.83 bits per heavy atom.